The van der Waals surface area contributed by atoms with Gasteiger partial charge >= 0.3 is 0 Å². The van der Waals surface area contributed by atoms with E-state index in [-0.39, 0.29) is 5.82 Å². The van der Waals surface area contributed by atoms with Crippen LogP contribution < -0.4 is 5.73 Å². The zero-order valence-electron chi connectivity index (χ0n) is 7.29. The second kappa shape index (κ2) is 3.68. The van der Waals surface area contributed by atoms with Crippen LogP contribution in [0.1, 0.15) is 17.9 Å². The highest BCUT2D eigenvalue weighted by Crippen LogP contribution is 2.37. The maximum atomic E-state index is 13.0. The molecule has 1 atom stereocenters. The van der Waals surface area contributed by atoms with Crippen molar-refractivity contribution < 1.29 is 4.39 Å². The number of benzene rings is 1. The van der Waals surface area contributed by atoms with E-state index in [1.54, 1.807) is 17.8 Å². The molecule has 0 aliphatic carbocycles. The van der Waals surface area contributed by atoms with Gasteiger partial charge in [0.2, 0.25) is 0 Å². The molecule has 13 heavy (non-hydrogen) atoms. The Morgan fingerprint density at radius 3 is 3.15 bits per heavy atom. The molecule has 1 unspecified atom stereocenters. The van der Waals surface area contributed by atoms with E-state index in [4.69, 9.17) is 5.73 Å². The lowest BCUT2D eigenvalue weighted by molar-refractivity contribution is 0.606. The van der Waals surface area contributed by atoms with Crippen LogP contribution >= 0.6 is 11.8 Å². The SMILES string of the molecule is NCC1CCSc2ccc(F)cc21. The van der Waals surface area contributed by atoms with Gasteiger partial charge in [-0.2, -0.15) is 0 Å². The van der Waals surface area contributed by atoms with Crippen LogP contribution in [0.25, 0.3) is 0 Å². The number of fused-ring (bicyclic) bond motifs is 1. The van der Waals surface area contributed by atoms with Crippen LogP contribution in [-0.2, 0) is 0 Å². The minimum atomic E-state index is -0.153. The van der Waals surface area contributed by atoms with Gasteiger partial charge in [-0.15, -0.1) is 11.8 Å². The Balaban J connectivity index is 2.41. The van der Waals surface area contributed by atoms with Crippen molar-refractivity contribution in [3.8, 4) is 0 Å². The Hall–Kier alpha value is -0.540. The zero-order chi connectivity index (χ0) is 9.26. The normalized spacial score (nSPS) is 21.2. The second-order valence-corrected chi connectivity index (χ2v) is 4.39. The van der Waals surface area contributed by atoms with Crippen molar-refractivity contribution in [3.05, 3.63) is 29.6 Å². The van der Waals surface area contributed by atoms with E-state index in [2.05, 4.69) is 0 Å². The summed E-state index contributed by atoms with van der Waals surface area (Å²) in [7, 11) is 0. The Labute approximate surface area is 81.5 Å². The van der Waals surface area contributed by atoms with E-state index >= 15 is 0 Å². The van der Waals surface area contributed by atoms with Crippen molar-refractivity contribution in [3.63, 3.8) is 0 Å². The van der Waals surface area contributed by atoms with Gasteiger partial charge in [0.25, 0.3) is 0 Å². The molecule has 0 aromatic heterocycles. The van der Waals surface area contributed by atoms with Gasteiger partial charge < -0.3 is 5.73 Å². The zero-order valence-corrected chi connectivity index (χ0v) is 8.11. The highest BCUT2D eigenvalue weighted by molar-refractivity contribution is 7.99. The fourth-order valence-electron chi connectivity index (χ4n) is 1.68. The molecule has 70 valence electrons. The summed E-state index contributed by atoms with van der Waals surface area (Å²) >= 11 is 1.79. The summed E-state index contributed by atoms with van der Waals surface area (Å²) in [5, 5.41) is 0. The summed E-state index contributed by atoms with van der Waals surface area (Å²) in [6, 6.07) is 5.00. The number of hydrogen-bond acceptors (Lipinski definition) is 2. The van der Waals surface area contributed by atoms with Gasteiger partial charge in [-0.05, 0) is 48.4 Å². The van der Waals surface area contributed by atoms with Crippen LogP contribution in [0.2, 0.25) is 0 Å². The van der Waals surface area contributed by atoms with Gasteiger partial charge in [-0.1, -0.05) is 0 Å². The van der Waals surface area contributed by atoms with Crippen molar-refractivity contribution in [2.45, 2.75) is 17.2 Å². The molecule has 0 spiro atoms. The summed E-state index contributed by atoms with van der Waals surface area (Å²) in [5.74, 6) is 1.30. The molecular weight excluding hydrogens is 185 g/mol. The van der Waals surface area contributed by atoms with E-state index in [0.29, 0.717) is 12.5 Å². The Morgan fingerprint density at radius 2 is 2.38 bits per heavy atom. The van der Waals surface area contributed by atoms with E-state index in [1.165, 1.54) is 11.0 Å². The van der Waals surface area contributed by atoms with Crippen LogP contribution in [0.3, 0.4) is 0 Å². The second-order valence-electron chi connectivity index (χ2n) is 3.25. The first-order chi connectivity index (χ1) is 6.31. The molecular formula is C10H12FNS. The maximum absolute atomic E-state index is 13.0. The van der Waals surface area contributed by atoms with E-state index in [0.717, 1.165) is 17.7 Å². The van der Waals surface area contributed by atoms with Crippen LogP contribution in [-0.4, -0.2) is 12.3 Å². The molecule has 0 fully saturated rings. The van der Waals surface area contributed by atoms with Crippen LogP contribution in [0.5, 0.6) is 0 Å². The quantitative estimate of drug-likeness (QED) is 0.748. The first-order valence-electron chi connectivity index (χ1n) is 4.43. The third-order valence-corrected chi connectivity index (χ3v) is 3.54. The first kappa shape index (κ1) is 9.03. The molecule has 1 aliphatic heterocycles. The molecule has 1 nitrogen and oxygen atoms in total. The Bertz CT molecular complexity index is 314. The largest absolute Gasteiger partial charge is 0.330 e. The average molecular weight is 197 g/mol. The summed E-state index contributed by atoms with van der Waals surface area (Å²) < 4.78 is 13.0. The Morgan fingerprint density at radius 1 is 1.54 bits per heavy atom. The minimum absolute atomic E-state index is 0.153. The topological polar surface area (TPSA) is 26.0 Å². The predicted molar refractivity (Wildman–Crippen MR) is 53.5 cm³/mol. The molecule has 1 aromatic rings. The molecule has 0 bridgehead atoms. The van der Waals surface area contributed by atoms with Gasteiger partial charge in [0, 0.05) is 4.90 Å². The van der Waals surface area contributed by atoms with Crippen molar-refractivity contribution in [1.29, 1.82) is 0 Å². The molecule has 0 saturated carbocycles. The number of hydrogen-bond donors (Lipinski definition) is 1. The summed E-state index contributed by atoms with van der Waals surface area (Å²) in [4.78, 5) is 1.20. The highest BCUT2D eigenvalue weighted by atomic mass is 32.2. The molecule has 2 rings (SSSR count). The standard InChI is InChI=1S/C10H12FNS/c11-8-1-2-10-9(5-8)7(6-12)3-4-13-10/h1-2,5,7H,3-4,6,12H2. The molecule has 0 radical (unpaired) electrons. The number of thioether (sulfide) groups is 1. The fourth-order valence-corrected chi connectivity index (χ4v) is 2.86. The van der Waals surface area contributed by atoms with Crippen molar-refractivity contribution >= 4 is 11.8 Å². The van der Waals surface area contributed by atoms with Crippen molar-refractivity contribution in [2.75, 3.05) is 12.3 Å². The number of rotatable bonds is 1. The van der Waals surface area contributed by atoms with Gasteiger partial charge in [0.15, 0.2) is 0 Å². The van der Waals surface area contributed by atoms with Crippen LogP contribution in [0.4, 0.5) is 4.39 Å². The lowest BCUT2D eigenvalue weighted by Gasteiger charge is -2.23. The monoisotopic (exact) mass is 197 g/mol. The third kappa shape index (κ3) is 1.71. The molecule has 0 saturated heterocycles. The minimum Gasteiger partial charge on any atom is -0.330 e. The van der Waals surface area contributed by atoms with Gasteiger partial charge in [-0.3, -0.25) is 0 Å². The molecule has 1 aliphatic rings. The lowest BCUT2D eigenvalue weighted by Crippen LogP contribution is -2.17. The summed E-state index contributed by atoms with van der Waals surface area (Å²) in [6.45, 7) is 0.622. The van der Waals surface area contributed by atoms with Gasteiger partial charge in [0.1, 0.15) is 5.82 Å². The van der Waals surface area contributed by atoms with E-state index in [1.807, 2.05) is 6.07 Å². The summed E-state index contributed by atoms with van der Waals surface area (Å²) in [6.07, 6.45) is 1.07. The van der Waals surface area contributed by atoms with Crippen molar-refractivity contribution in [2.24, 2.45) is 5.73 Å². The smallest absolute Gasteiger partial charge is 0.123 e. The molecule has 1 aromatic carbocycles. The van der Waals surface area contributed by atoms with Gasteiger partial charge in [0.05, 0.1) is 0 Å². The number of nitrogens with two attached hydrogens (primary N) is 1. The molecule has 0 amide bonds. The molecule has 2 N–H and O–H groups in total. The van der Waals surface area contributed by atoms with Crippen molar-refractivity contribution in [1.82, 2.24) is 0 Å². The number of halogens is 1. The maximum Gasteiger partial charge on any atom is 0.123 e. The third-order valence-electron chi connectivity index (χ3n) is 2.42. The van der Waals surface area contributed by atoms with Crippen LogP contribution in [0, 0.1) is 5.82 Å². The Kier molecular flexibility index (Phi) is 2.56. The lowest BCUT2D eigenvalue weighted by atomic mass is 9.96. The van der Waals surface area contributed by atoms with E-state index in [9.17, 15) is 4.39 Å². The first-order valence-corrected chi connectivity index (χ1v) is 5.42. The average Bonchev–Trinajstić information content (AvgIpc) is 2.17. The van der Waals surface area contributed by atoms with E-state index < -0.39 is 0 Å². The fraction of sp³-hybridized carbons (Fsp3) is 0.400. The van der Waals surface area contributed by atoms with Crippen LogP contribution in [0.15, 0.2) is 23.1 Å². The highest BCUT2D eigenvalue weighted by Gasteiger charge is 2.19. The molecule has 1 heterocycles. The molecule has 3 heteroatoms. The van der Waals surface area contributed by atoms with Gasteiger partial charge in [-0.25, -0.2) is 4.39 Å². The predicted octanol–water partition coefficient (Wildman–Crippen LogP) is 2.36. The summed E-state index contributed by atoms with van der Waals surface area (Å²) in [5.41, 5.74) is 6.73.